The first-order valence-electron chi connectivity index (χ1n) is 6.38. The third-order valence-electron chi connectivity index (χ3n) is 3.63. The average Bonchev–Trinajstić information content (AvgIpc) is 3.02. The van der Waals surface area contributed by atoms with E-state index in [1.807, 2.05) is 6.07 Å². The highest BCUT2D eigenvalue weighted by Crippen LogP contribution is 2.31. The van der Waals surface area contributed by atoms with Gasteiger partial charge in [-0.2, -0.15) is 5.10 Å². The molecule has 0 saturated carbocycles. The number of nitrogens with zero attached hydrogens (tertiary/aromatic N) is 2. The van der Waals surface area contributed by atoms with Gasteiger partial charge in [-0.15, -0.1) is 0 Å². The fraction of sp³-hybridized carbons (Fsp3) is 0.357. The molecule has 0 spiro atoms. The number of H-pyrrole nitrogens is 1. The number of halogens is 2. The molecule has 0 aliphatic carbocycles. The summed E-state index contributed by atoms with van der Waals surface area (Å²) in [5.74, 6) is -0.939. The first-order chi connectivity index (χ1) is 9.24. The summed E-state index contributed by atoms with van der Waals surface area (Å²) in [6.07, 6.45) is 2.49. The van der Waals surface area contributed by atoms with Crippen LogP contribution in [0.2, 0.25) is 0 Å². The number of hydrogen-bond donors (Lipinski definition) is 1. The molecule has 1 N–H and O–H groups in total. The molecule has 1 fully saturated rings. The van der Waals surface area contributed by atoms with Gasteiger partial charge in [0.1, 0.15) is 11.6 Å². The van der Waals surface area contributed by atoms with Crippen molar-refractivity contribution in [3.8, 4) is 0 Å². The highest BCUT2D eigenvalue weighted by molar-refractivity contribution is 5.25. The van der Waals surface area contributed by atoms with Gasteiger partial charge in [0, 0.05) is 36.5 Å². The Morgan fingerprint density at radius 3 is 2.74 bits per heavy atom. The molecule has 1 aromatic heterocycles. The molecule has 3 nitrogen and oxygen atoms in total. The van der Waals surface area contributed by atoms with Crippen LogP contribution in [0.1, 0.15) is 23.6 Å². The quantitative estimate of drug-likeness (QED) is 0.923. The Labute approximate surface area is 110 Å². The zero-order valence-electron chi connectivity index (χ0n) is 10.4. The van der Waals surface area contributed by atoms with Crippen LogP contribution in [0.4, 0.5) is 8.78 Å². The fourth-order valence-corrected chi connectivity index (χ4v) is 2.73. The summed E-state index contributed by atoms with van der Waals surface area (Å²) in [6, 6.07) is 5.98. The summed E-state index contributed by atoms with van der Waals surface area (Å²) in [6.45, 7) is 2.26. The van der Waals surface area contributed by atoms with Gasteiger partial charge in [-0.25, -0.2) is 8.78 Å². The fourth-order valence-electron chi connectivity index (χ4n) is 2.73. The van der Waals surface area contributed by atoms with Crippen LogP contribution in [-0.4, -0.2) is 28.2 Å². The van der Waals surface area contributed by atoms with Crippen molar-refractivity contribution in [1.82, 2.24) is 15.1 Å². The summed E-state index contributed by atoms with van der Waals surface area (Å²) >= 11 is 0. The van der Waals surface area contributed by atoms with Gasteiger partial charge in [0.2, 0.25) is 0 Å². The molecule has 1 unspecified atom stereocenters. The van der Waals surface area contributed by atoms with Gasteiger partial charge in [0.15, 0.2) is 0 Å². The van der Waals surface area contributed by atoms with E-state index in [-0.39, 0.29) is 11.5 Å². The van der Waals surface area contributed by atoms with Crippen molar-refractivity contribution in [3.63, 3.8) is 0 Å². The van der Waals surface area contributed by atoms with Crippen LogP contribution in [0, 0.1) is 11.6 Å². The van der Waals surface area contributed by atoms with Crippen LogP contribution in [0.15, 0.2) is 30.5 Å². The predicted octanol–water partition coefficient (Wildman–Crippen LogP) is 2.68. The Kier molecular flexibility index (Phi) is 3.29. The minimum absolute atomic E-state index is 0.0656. The molecule has 3 rings (SSSR count). The molecule has 0 amide bonds. The maximum atomic E-state index is 13.7. The molecule has 1 atom stereocenters. The number of aromatic nitrogens is 2. The molecule has 19 heavy (non-hydrogen) atoms. The Bertz CT molecular complexity index is 534. The van der Waals surface area contributed by atoms with E-state index in [1.165, 1.54) is 18.2 Å². The molecule has 0 radical (unpaired) electrons. The second-order valence-electron chi connectivity index (χ2n) is 4.94. The summed E-state index contributed by atoms with van der Waals surface area (Å²) < 4.78 is 27.5. The molecule has 1 aliphatic rings. The van der Waals surface area contributed by atoms with Crippen molar-refractivity contribution in [3.05, 3.63) is 53.4 Å². The number of hydrogen-bond acceptors (Lipinski definition) is 2. The number of benzene rings is 1. The summed E-state index contributed by atoms with van der Waals surface area (Å²) in [7, 11) is 0. The first kappa shape index (κ1) is 12.3. The number of aromatic amines is 1. The minimum Gasteiger partial charge on any atom is -0.297 e. The highest BCUT2D eigenvalue weighted by Gasteiger charge is 2.28. The Morgan fingerprint density at radius 1 is 1.26 bits per heavy atom. The highest BCUT2D eigenvalue weighted by atomic mass is 19.1. The normalized spacial score (nSPS) is 20.0. The van der Waals surface area contributed by atoms with Crippen LogP contribution in [0.25, 0.3) is 0 Å². The van der Waals surface area contributed by atoms with E-state index in [0.29, 0.717) is 6.54 Å². The van der Waals surface area contributed by atoms with Gasteiger partial charge in [-0.3, -0.25) is 10.00 Å². The Hall–Kier alpha value is -1.75. The van der Waals surface area contributed by atoms with Crippen molar-refractivity contribution in [2.45, 2.75) is 18.9 Å². The van der Waals surface area contributed by atoms with Crippen LogP contribution in [-0.2, 0) is 6.54 Å². The van der Waals surface area contributed by atoms with Crippen LogP contribution in [0.5, 0.6) is 0 Å². The lowest BCUT2D eigenvalue weighted by molar-refractivity contribution is 0.321. The van der Waals surface area contributed by atoms with Gasteiger partial charge < -0.3 is 0 Å². The Morgan fingerprint density at radius 2 is 2.05 bits per heavy atom. The largest absolute Gasteiger partial charge is 0.297 e. The maximum Gasteiger partial charge on any atom is 0.129 e. The third kappa shape index (κ3) is 2.51. The Balaban J connectivity index is 1.72. The number of rotatable bonds is 3. The maximum absolute atomic E-state index is 13.7. The molecule has 1 aliphatic heterocycles. The molecule has 1 saturated heterocycles. The van der Waals surface area contributed by atoms with E-state index in [0.717, 1.165) is 25.2 Å². The lowest BCUT2D eigenvalue weighted by Gasteiger charge is -2.15. The molecule has 2 aromatic rings. The van der Waals surface area contributed by atoms with Crippen LogP contribution < -0.4 is 0 Å². The number of likely N-dealkylation sites (tertiary alicyclic amines) is 1. The van der Waals surface area contributed by atoms with Gasteiger partial charge in [0.25, 0.3) is 0 Å². The van der Waals surface area contributed by atoms with E-state index in [1.54, 1.807) is 6.20 Å². The molecular formula is C14H15F2N3. The summed E-state index contributed by atoms with van der Waals surface area (Å²) in [4.78, 5) is 2.18. The molecule has 5 heteroatoms. The summed E-state index contributed by atoms with van der Waals surface area (Å²) in [5, 5.41) is 6.80. The van der Waals surface area contributed by atoms with Gasteiger partial charge >= 0.3 is 0 Å². The van der Waals surface area contributed by atoms with Gasteiger partial charge in [-0.05, 0) is 31.2 Å². The SMILES string of the molecule is Fc1cccc(F)c1C1CCN(Cc2ccn[nH]2)C1. The zero-order valence-corrected chi connectivity index (χ0v) is 10.4. The second kappa shape index (κ2) is 5.09. The molecule has 2 heterocycles. The second-order valence-corrected chi connectivity index (χ2v) is 4.94. The van der Waals surface area contributed by atoms with Crippen molar-refractivity contribution >= 4 is 0 Å². The van der Waals surface area contributed by atoms with Crippen LogP contribution >= 0.6 is 0 Å². The minimum atomic E-state index is -0.437. The van der Waals surface area contributed by atoms with Crippen molar-refractivity contribution < 1.29 is 8.78 Å². The van der Waals surface area contributed by atoms with E-state index >= 15 is 0 Å². The van der Waals surface area contributed by atoms with Gasteiger partial charge in [0.05, 0.1) is 0 Å². The average molecular weight is 263 g/mol. The summed E-state index contributed by atoms with van der Waals surface area (Å²) in [5.41, 5.74) is 1.25. The van der Waals surface area contributed by atoms with Crippen molar-refractivity contribution in [2.24, 2.45) is 0 Å². The monoisotopic (exact) mass is 263 g/mol. The molecular weight excluding hydrogens is 248 g/mol. The predicted molar refractivity (Wildman–Crippen MR) is 67.6 cm³/mol. The van der Waals surface area contributed by atoms with E-state index in [2.05, 4.69) is 15.1 Å². The number of nitrogens with one attached hydrogen (secondary N) is 1. The zero-order chi connectivity index (χ0) is 13.2. The van der Waals surface area contributed by atoms with E-state index < -0.39 is 11.6 Å². The topological polar surface area (TPSA) is 31.9 Å². The van der Waals surface area contributed by atoms with E-state index in [4.69, 9.17) is 0 Å². The van der Waals surface area contributed by atoms with Crippen molar-refractivity contribution in [2.75, 3.05) is 13.1 Å². The molecule has 0 bridgehead atoms. The lowest BCUT2D eigenvalue weighted by atomic mass is 9.97. The smallest absolute Gasteiger partial charge is 0.129 e. The van der Waals surface area contributed by atoms with Crippen molar-refractivity contribution in [1.29, 1.82) is 0 Å². The van der Waals surface area contributed by atoms with Gasteiger partial charge in [-0.1, -0.05) is 6.07 Å². The van der Waals surface area contributed by atoms with E-state index in [9.17, 15) is 8.78 Å². The first-order valence-corrected chi connectivity index (χ1v) is 6.38. The third-order valence-corrected chi connectivity index (χ3v) is 3.63. The molecule has 100 valence electrons. The lowest BCUT2D eigenvalue weighted by Crippen LogP contribution is -2.20. The standard InChI is InChI=1S/C14H15F2N3/c15-12-2-1-3-13(16)14(12)10-5-7-19(8-10)9-11-4-6-17-18-11/h1-4,6,10H,5,7-9H2,(H,17,18). The van der Waals surface area contributed by atoms with Crippen LogP contribution in [0.3, 0.4) is 0 Å². The molecule has 1 aromatic carbocycles.